The fourth-order valence-corrected chi connectivity index (χ4v) is 3.16. The monoisotopic (exact) mass is 357 g/mol. The highest BCUT2D eigenvalue weighted by atomic mass is 32.2. The van der Waals surface area contributed by atoms with E-state index >= 15 is 0 Å². The van der Waals surface area contributed by atoms with Gasteiger partial charge in [0.15, 0.2) is 11.0 Å². The second-order valence-corrected chi connectivity index (χ2v) is 6.85. The van der Waals surface area contributed by atoms with Gasteiger partial charge in [0.2, 0.25) is 0 Å². The Bertz CT molecular complexity index is 862. The molecule has 0 atom stereocenters. The van der Waals surface area contributed by atoms with Crippen LogP contribution in [0.15, 0.2) is 47.6 Å². The molecule has 2 aromatic carbocycles. The highest BCUT2D eigenvalue weighted by molar-refractivity contribution is 7.98. The number of nitrogens with zero attached hydrogens (tertiary/aromatic N) is 3. The van der Waals surface area contributed by atoms with Gasteiger partial charge in [-0.25, -0.2) is 4.39 Å². The van der Waals surface area contributed by atoms with Gasteiger partial charge in [0.1, 0.15) is 18.2 Å². The second kappa shape index (κ2) is 7.70. The zero-order valence-electron chi connectivity index (χ0n) is 14.5. The standard InChI is InChI=1S/C19H20FN3OS/c1-13-4-9-17(10-14(13)2)24-11-18-21-22-19(23(18)3)25-12-15-5-7-16(20)8-6-15/h4-10H,11-12H2,1-3H3. The molecule has 0 saturated carbocycles. The van der Waals surface area contributed by atoms with E-state index in [0.717, 1.165) is 22.3 Å². The van der Waals surface area contributed by atoms with Gasteiger partial charge in [-0.15, -0.1) is 10.2 Å². The lowest BCUT2D eigenvalue weighted by molar-refractivity contribution is 0.290. The lowest BCUT2D eigenvalue weighted by atomic mass is 10.1. The average molecular weight is 357 g/mol. The Morgan fingerprint density at radius 3 is 2.52 bits per heavy atom. The highest BCUT2D eigenvalue weighted by Gasteiger charge is 2.10. The number of rotatable bonds is 6. The summed E-state index contributed by atoms with van der Waals surface area (Å²) in [4.78, 5) is 0. The molecule has 0 amide bonds. The van der Waals surface area contributed by atoms with Gasteiger partial charge >= 0.3 is 0 Å². The van der Waals surface area contributed by atoms with E-state index in [1.165, 1.54) is 23.3 Å². The van der Waals surface area contributed by atoms with Crippen LogP contribution in [0.25, 0.3) is 0 Å². The fraction of sp³-hybridized carbons (Fsp3) is 0.263. The molecule has 3 rings (SSSR count). The van der Waals surface area contributed by atoms with E-state index < -0.39 is 0 Å². The summed E-state index contributed by atoms with van der Waals surface area (Å²) in [5, 5.41) is 9.23. The molecule has 0 saturated heterocycles. The molecule has 25 heavy (non-hydrogen) atoms. The Labute approximate surface area is 151 Å². The molecular formula is C19H20FN3OS. The first kappa shape index (κ1) is 17.5. The van der Waals surface area contributed by atoms with Gasteiger partial charge in [0.05, 0.1) is 0 Å². The van der Waals surface area contributed by atoms with Crippen molar-refractivity contribution in [3.05, 3.63) is 70.8 Å². The lowest BCUT2D eigenvalue weighted by Gasteiger charge is -2.08. The Hall–Kier alpha value is -2.34. The van der Waals surface area contributed by atoms with Gasteiger partial charge in [0.25, 0.3) is 0 Å². The van der Waals surface area contributed by atoms with Crippen LogP contribution in [0.3, 0.4) is 0 Å². The number of ether oxygens (including phenoxy) is 1. The molecule has 0 aliphatic carbocycles. The van der Waals surface area contributed by atoms with E-state index in [-0.39, 0.29) is 5.82 Å². The van der Waals surface area contributed by atoms with Crippen LogP contribution in [0.5, 0.6) is 5.75 Å². The number of aryl methyl sites for hydroxylation is 2. The average Bonchev–Trinajstić information content (AvgIpc) is 2.95. The minimum atomic E-state index is -0.224. The van der Waals surface area contributed by atoms with Gasteiger partial charge in [-0.3, -0.25) is 0 Å². The Morgan fingerprint density at radius 1 is 1.04 bits per heavy atom. The molecule has 0 aliphatic rings. The molecule has 4 nitrogen and oxygen atoms in total. The van der Waals surface area contributed by atoms with Crippen molar-refractivity contribution < 1.29 is 9.13 Å². The summed E-state index contributed by atoms with van der Waals surface area (Å²) < 4.78 is 20.7. The number of aromatic nitrogens is 3. The minimum absolute atomic E-state index is 0.224. The Balaban J connectivity index is 1.60. The summed E-state index contributed by atoms with van der Waals surface area (Å²) in [6.45, 7) is 4.50. The van der Waals surface area contributed by atoms with Crippen LogP contribution in [0, 0.1) is 19.7 Å². The van der Waals surface area contributed by atoms with E-state index in [9.17, 15) is 4.39 Å². The minimum Gasteiger partial charge on any atom is -0.486 e. The van der Waals surface area contributed by atoms with Crippen LogP contribution in [0.1, 0.15) is 22.5 Å². The zero-order chi connectivity index (χ0) is 17.8. The van der Waals surface area contributed by atoms with Crippen LogP contribution in [-0.4, -0.2) is 14.8 Å². The van der Waals surface area contributed by atoms with Crippen LogP contribution >= 0.6 is 11.8 Å². The molecule has 6 heteroatoms. The van der Waals surface area contributed by atoms with Gasteiger partial charge in [-0.1, -0.05) is 30.0 Å². The summed E-state index contributed by atoms with van der Waals surface area (Å²) in [5.41, 5.74) is 3.49. The zero-order valence-corrected chi connectivity index (χ0v) is 15.3. The molecule has 0 bridgehead atoms. The maximum atomic E-state index is 12.9. The third kappa shape index (κ3) is 4.39. The fourth-order valence-electron chi connectivity index (χ4n) is 2.28. The van der Waals surface area contributed by atoms with E-state index in [2.05, 4.69) is 24.0 Å². The largest absolute Gasteiger partial charge is 0.486 e. The van der Waals surface area contributed by atoms with Crippen molar-refractivity contribution in [3.63, 3.8) is 0 Å². The topological polar surface area (TPSA) is 39.9 Å². The van der Waals surface area contributed by atoms with Crippen molar-refractivity contribution >= 4 is 11.8 Å². The van der Waals surface area contributed by atoms with Crippen LogP contribution in [0.2, 0.25) is 0 Å². The van der Waals surface area contributed by atoms with E-state index in [1.807, 2.05) is 29.8 Å². The summed E-state index contributed by atoms with van der Waals surface area (Å²) in [7, 11) is 1.92. The first-order valence-corrected chi connectivity index (χ1v) is 8.97. The summed E-state index contributed by atoms with van der Waals surface area (Å²) in [6, 6.07) is 12.5. The molecule has 1 heterocycles. The number of halogens is 1. The second-order valence-electron chi connectivity index (χ2n) is 5.91. The van der Waals surface area contributed by atoms with Crippen LogP contribution < -0.4 is 4.74 Å². The van der Waals surface area contributed by atoms with Crippen molar-refractivity contribution in [3.8, 4) is 5.75 Å². The van der Waals surface area contributed by atoms with Crippen molar-refractivity contribution in [2.45, 2.75) is 31.4 Å². The number of benzene rings is 2. The van der Waals surface area contributed by atoms with E-state index in [4.69, 9.17) is 4.74 Å². The third-order valence-corrected chi connectivity index (χ3v) is 5.14. The summed E-state index contributed by atoms with van der Waals surface area (Å²) in [5.74, 6) is 2.08. The predicted octanol–water partition coefficient (Wildman–Crippen LogP) is 4.44. The normalized spacial score (nSPS) is 10.9. The Morgan fingerprint density at radius 2 is 1.80 bits per heavy atom. The smallest absolute Gasteiger partial charge is 0.191 e. The first-order chi connectivity index (χ1) is 12.0. The molecule has 0 N–H and O–H groups in total. The number of hydrogen-bond donors (Lipinski definition) is 0. The predicted molar refractivity (Wildman–Crippen MR) is 97.2 cm³/mol. The quantitative estimate of drug-likeness (QED) is 0.612. The summed E-state index contributed by atoms with van der Waals surface area (Å²) >= 11 is 1.56. The van der Waals surface area contributed by atoms with Gasteiger partial charge in [0, 0.05) is 12.8 Å². The lowest BCUT2D eigenvalue weighted by Crippen LogP contribution is -2.04. The SMILES string of the molecule is Cc1ccc(OCc2nnc(SCc3ccc(F)cc3)n2C)cc1C. The molecule has 1 aromatic heterocycles. The maximum Gasteiger partial charge on any atom is 0.191 e. The molecule has 0 fully saturated rings. The van der Waals surface area contributed by atoms with Gasteiger partial charge in [-0.05, 0) is 54.8 Å². The summed E-state index contributed by atoms with van der Waals surface area (Å²) in [6.07, 6.45) is 0. The van der Waals surface area contributed by atoms with Gasteiger partial charge in [-0.2, -0.15) is 0 Å². The van der Waals surface area contributed by atoms with Crippen molar-refractivity contribution in [2.24, 2.45) is 7.05 Å². The molecule has 3 aromatic rings. The van der Waals surface area contributed by atoms with Crippen LogP contribution in [-0.2, 0) is 19.4 Å². The molecule has 0 aliphatic heterocycles. The van der Waals surface area contributed by atoms with Crippen molar-refractivity contribution in [2.75, 3.05) is 0 Å². The molecule has 0 unspecified atom stereocenters. The number of hydrogen-bond acceptors (Lipinski definition) is 4. The molecule has 0 radical (unpaired) electrons. The van der Waals surface area contributed by atoms with E-state index in [1.54, 1.807) is 23.9 Å². The third-order valence-electron chi connectivity index (χ3n) is 4.05. The maximum absolute atomic E-state index is 12.9. The van der Waals surface area contributed by atoms with Crippen molar-refractivity contribution in [1.29, 1.82) is 0 Å². The highest BCUT2D eigenvalue weighted by Crippen LogP contribution is 2.22. The Kier molecular flexibility index (Phi) is 5.38. The molecule has 0 spiro atoms. The number of thioether (sulfide) groups is 1. The molecular weight excluding hydrogens is 337 g/mol. The first-order valence-electron chi connectivity index (χ1n) is 7.98. The van der Waals surface area contributed by atoms with Crippen molar-refractivity contribution in [1.82, 2.24) is 14.8 Å². The van der Waals surface area contributed by atoms with Gasteiger partial charge < -0.3 is 9.30 Å². The van der Waals surface area contributed by atoms with E-state index in [0.29, 0.717) is 12.4 Å². The van der Waals surface area contributed by atoms with Crippen LogP contribution in [0.4, 0.5) is 4.39 Å². The molecule has 130 valence electrons.